The zero-order valence-corrected chi connectivity index (χ0v) is 20.0. The van der Waals surface area contributed by atoms with Crippen LogP contribution >= 0.6 is 0 Å². The number of nitrogens with one attached hydrogen (secondary N) is 2. The van der Waals surface area contributed by atoms with E-state index in [0.29, 0.717) is 65.2 Å². The second kappa shape index (κ2) is 7.45. The third-order valence-electron chi connectivity index (χ3n) is 6.71. The zero-order valence-electron chi connectivity index (χ0n) is 17.9. The number of aromatic nitrogens is 2. The van der Waals surface area contributed by atoms with Crippen LogP contribution in [0, 0.1) is 0 Å². The molecule has 0 spiro atoms. The number of hydrogen-bond acceptors (Lipinski definition) is 4. The van der Waals surface area contributed by atoms with E-state index in [9.17, 15) is 19.2 Å². The van der Waals surface area contributed by atoms with E-state index in [1.165, 1.54) is 0 Å². The van der Waals surface area contributed by atoms with E-state index in [-0.39, 0.29) is 44.1 Å². The van der Waals surface area contributed by atoms with Gasteiger partial charge in [0.2, 0.25) is 0 Å². The molecule has 1 heterocycles. The molecule has 0 aliphatic heterocycles. The van der Waals surface area contributed by atoms with Crippen LogP contribution in [0.3, 0.4) is 0 Å². The number of rotatable bonds is 0. The fourth-order valence-electron chi connectivity index (χ4n) is 5.11. The largest absolute Gasteiger partial charge is 0.351 e. The van der Waals surface area contributed by atoms with E-state index < -0.39 is 0 Å². The molecule has 0 atom stereocenters. The summed E-state index contributed by atoms with van der Waals surface area (Å²) in [6, 6.07) is 20.3. The van der Waals surface area contributed by atoms with Crippen LogP contribution in [0.5, 0.6) is 0 Å². The molecule has 0 unspecified atom stereocenters. The molecular weight excluding hydrogens is 625 g/mol. The van der Waals surface area contributed by atoms with E-state index in [1.807, 2.05) is 0 Å². The summed E-state index contributed by atoms with van der Waals surface area (Å²) >= 11 is 0. The minimum atomic E-state index is -0.238. The zero-order chi connectivity index (χ0) is 23.1. The van der Waals surface area contributed by atoms with Crippen molar-refractivity contribution in [2.24, 2.45) is 0 Å². The predicted octanol–water partition coefficient (Wildman–Crippen LogP) is 4.14. The smallest absolute Gasteiger partial charge is 0.196 e. The van der Waals surface area contributed by atoms with Gasteiger partial charge in [-0.15, -0.1) is 0 Å². The van der Waals surface area contributed by atoms with Crippen molar-refractivity contribution in [2.75, 3.05) is 0 Å². The second-order valence-electron chi connectivity index (χ2n) is 8.48. The average Bonchev–Trinajstić information content (AvgIpc) is 2.88. The molecule has 0 saturated carbocycles. The van der Waals surface area contributed by atoms with Crippen molar-refractivity contribution in [1.29, 1.82) is 0 Å². The van der Waals surface area contributed by atoms with E-state index in [4.69, 9.17) is 0 Å². The monoisotopic (exact) mass is 639 g/mol. The summed E-state index contributed by atoms with van der Waals surface area (Å²) < 4.78 is 0. The Labute approximate surface area is 210 Å². The number of aromatic amines is 2. The van der Waals surface area contributed by atoms with Gasteiger partial charge in [0.25, 0.3) is 0 Å². The predicted molar refractivity (Wildman–Crippen MR) is 136 cm³/mol. The van der Waals surface area contributed by atoms with Gasteiger partial charge in [-0.25, -0.2) is 0 Å². The third-order valence-corrected chi connectivity index (χ3v) is 6.71. The molecule has 7 aromatic rings. The summed E-state index contributed by atoms with van der Waals surface area (Å²) in [6.07, 6.45) is 0. The van der Waals surface area contributed by atoms with Crippen LogP contribution in [-0.4, -0.2) is 9.97 Å². The molecule has 0 fully saturated rings. The minimum Gasteiger partial charge on any atom is -0.351 e. The molecule has 7 heteroatoms. The van der Waals surface area contributed by atoms with Crippen molar-refractivity contribution in [3.05, 3.63) is 114 Å². The van der Waals surface area contributed by atoms with Crippen molar-refractivity contribution < 1.29 is 22.4 Å². The van der Waals surface area contributed by atoms with Gasteiger partial charge in [-0.05, 0) is 24.3 Å². The van der Waals surface area contributed by atoms with E-state index in [1.54, 1.807) is 72.8 Å². The fourth-order valence-corrected chi connectivity index (χ4v) is 5.11. The van der Waals surface area contributed by atoms with Crippen LogP contribution in [0.25, 0.3) is 65.2 Å². The Bertz CT molecular complexity index is 2110. The van der Waals surface area contributed by atoms with Gasteiger partial charge in [-0.2, -0.15) is 0 Å². The second-order valence-corrected chi connectivity index (χ2v) is 8.48. The van der Waals surface area contributed by atoms with Gasteiger partial charge >= 0.3 is 0 Å². The summed E-state index contributed by atoms with van der Waals surface area (Å²) in [5.74, 6) is 0. The van der Waals surface area contributed by atoms with E-state index >= 15 is 0 Å². The van der Waals surface area contributed by atoms with Crippen molar-refractivity contribution in [2.45, 2.75) is 0 Å². The number of fused-ring (bicyclic) bond motifs is 8. The maximum atomic E-state index is 13.4. The number of benzene rings is 6. The maximum Gasteiger partial charge on any atom is 0.196 e. The Kier molecular flexibility index (Phi) is 4.56. The van der Waals surface area contributed by atoms with Crippen LogP contribution < -0.4 is 21.7 Å². The van der Waals surface area contributed by atoms with Crippen molar-refractivity contribution >= 4 is 65.2 Å². The molecule has 0 aliphatic rings. The molecule has 7 rings (SSSR count). The maximum absolute atomic E-state index is 13.4. The topological polar surface area (TPSA) is 99.9 Å². The molecule has 1 radical (unpaired) electrons. The first-order valence-electron chi connectivity index (χ1n) is 10.8. The van der Waals surface area contributed by atoms with Gasteiger partial charge in [0.15, 0.2) is 21.7 Å². The summed E-state index contributed by atoms with van der Waals surface area (Å²) in [5, 5.41) is 2.76. The quantitative estimate of drug-likeness (QED) is 0.148. The Hall–Kier alpha value is -4.10. The molecule has 0 saturated heterocycles. The first-order valence-corrected chi connectivity index (χ1v) is 10.8. The number of hydrogen-bond donors (Lipinski definition) is 2. The van der Waals surface area contributed by atoms with Crippen molar-refractivity contribution in [3.8, 4) is 0 Å². The van der Waals surface area contributed by atoms with Crippen LogP contribution in [0.4, 0.5) is 0 Å². The van der Waals surface area contributed by atoms with Crippen molar-refractivity contribution in [1.82, 2.24) is 9.97 Å². The molecule has 6 aromatic carbocycles. The van der Waals surface area contributed by atoms with Crippen LogP contribution in [0.1, 0.15) is 0 Å². The van der Waals surface area contributed by atoms with Gasteiger partial charge in [0, 0.05) is 54.7 Å². The van der Waals surface area contributed by atoms with E-state index in [0.717, 1.165) is 0 Å². The summed E-state index contributed by atoms with van der Waals surface area (Å²) in [7, 11) is 0. The third kappa shape index (κ3) is 2.76. The average molecular weight is 639 g/mol. The molecule has 1 aromatic heterocycles. The first kappa shape index (κ1) is 21.4. The van der Waals surface area contributed by atoms with Gasteiger partial charge in [-0.1, -0.05) is 48.5 Å². The van der Waals surface area contributed by atoms with Gasteiger partial charge in [0.1, 0.15) is 0 Å². The normalized spacial score (nSPS) is 11.7. The molecule has 171 valence electrons. The molecule has 0 aliphatic carbocycles. The Morgan fingerprint density at radius 2 is 0.743 bits per heavy atom. The first-order chi connectivity index (χ1) is 16.5. The Morgan fingerprint density at radius 1 is 0.400 bits per heavy atom. The molecular formula is C28H14AuN2O4. The number of H-pyrrole nitrogens is 2. The van der Waals surface area contributed by atoms with Gasteiger partial charge in [-0.3, -0.25) is 19.2 Å². The van der Waals surface area contributed by atoms with Crippen LogP contribution in [0.2, 0.25) is 0 Å². The fraction of sp³-hybridized carbons (Fsp3) is 0. The SMILES string of the molecule is O=c1c2ccccc2c(=O)c2c1ccc1[nH]c3c(ccc4c(=O)c5ccccc5c(=O)c43)[nH]c12.[Au]. The molecule has 35 heavy (non-hydrogen) atoms. The van der Waals surface area contributed by atoms with E-state index in [2.05, 4.69) is 9.97 Å². The van der Waals surface area contributed by atoms with Crippen LogP contribution in [0.15, 0.2) is 92.0 Å². The van der Waals surface area contributed by atoms with Crippen molar-refractivity contribution in [3.63, 3.8) is 0 Å². The molecule has 0 amide bonds. The molecule has 6 nitrogen and oxygen atoms in total. The van der Waals surface area contributed by atoms with Gasteiger partial charge in [0.05, 0.1) is 32.8 Å². The van der Waals surface area contributed by atoms with Gasteiger partial charge < -0.3 is 9.97 Å². The summed E-state index contributed by atoms with van der Waals surface area (Å²) in [5.41, 5.74) is 1.18. The Balaban J connectivity index is 0.00000229. The molecule has 0 bridgehead atoms. The van der Waals surface area contributed by atoms with Crippen LogP contribution in [-0.2, 0) is 22.4 Å². The Morgan fingerprint density at radius 3 is 1.11 bits per heavy atom. The summed E-state index contributed by atoms with van der Waals surface area (Å²) in [6.45, 7) is 0. The summed E-state index contributed by atoms with van der Waals surface area (Å²) in [4.78, 5) is 59.5. The minimum absolute atomic E-state index is 0. The molecule has 2 N–H and O–H groups in total. The standard InChI is InChI=1S/C28H14N2O4.Au/c31-25-13-5-1-3-7-15(13)27(33)21-17(25)9-11-19-23(21)29-20-12-10-18-22(24(20)30-19)28(34)16-8-4-2-6-14(16)26(18)32;/h1-12,29-30H;.